The maximum absolute atomic E-state index is 12.6. The van der Waals surface area contributed by atoms with Crippen LogP contribution in [0.1, 0.15) is 6.92 Å². The largest absolute Gasteiger partial charge is 0.357 e. The van der Waals surface area contributed by atoms with Crippen LogP contribution in [0, 0.1) is 0 Å². The van der Waals surface area contributed by atoms with Crippen molar-refractivity contribution in [3.05, 3.63) is 24.3 Å². The van der Waals surface area contributed by atoms with Gasteiger partial charge in [-0.25, -0.2) is 8.78 Å². The minimum Gasteiger partial charge on any atom is -0.357 e. The zero-order chi connectivity index (χ0) is 9.47. The van der Waals surface area contributed by atoms with Crippen molar-refractivity contribution in [3.8, 4) is 0 Å². The van der Waals surface area contributed by atoms with Crippen LogP contribution in [0.4, 0.5) is 20.2 Å². The minimum absolute atomic E-state index is 0.727. The Morgan fingerprint density at radius 1 is 1.15 bits per heavy atom. The summed E-state index contributed by atoms with van der Waals surface area (Å²) >= 11 is 0. The third-order valence-corrected chi connectivity index (χ3v) is 2.15. The van der Waals surface area contributed by atoms with E-state index in [1.54, 1.807) is 12.1 Å². The molecule has 0 saturated heterocycles. The maximum atomic E-state index is 12.6. The monoisotopic (exact) mass is 184 g/mol. The van der Waals surface area contributed by atoms with Crippen LogP contribution in [0.3, 0.4) is 0 Å². The van der Waals surface area contributed by atoms with Crippen LogP contribution < -0.4 is 10.6 Å². The number of alkyl halides is 2. The van der Waals surface area contributed by atoms with Gasteiger partial charge in [-0.3, -0.25) is 0 Å². The van der Waals surface area contributed by atoms with Crippen LogP contribution in [0.2, 0.25) is 0 Å². The van der Waals surface area contributed by atoms with Gasteiger partial charge in [0.1, 0.15) is 0 Å². The molecule has 0 amide bonds. The SMILES string of the molecule is CC1(C(F)F)Nc2ccccc2N1. The molecule has 0 unspecified atom stereocenters. The van der Waals surface area contributed by atoms with E-state index in [-0.39, 0.29) is 0 Å². The summed E-state index contributed by atoms with van der Waals surface area (Å²) < 4.78 is 25.1. The average molecular weight is 184 g/mol. The molecule has 0 radical (unpaired) electrons. The molecule has 2 rings (SSSR count). The third-order valence-electron chi connectivity index (χ3n) is 2.15. The topological polar surface area (TPSA) is 24.1 Å². The molecule has 0 atom stereocenters. The number of hydrogen-bond donors (Lipinski definition) is 2. The van der Waals surface area contributed by atoms with Crippen LogP contribution in [0.15, 0.2) is 24.3 Å². The molecule has 13 heavy (non-hydrogen) atoms. The van der Waals surface area contributed by atoms with Crippen LogP contribution in [-0.2, 0) is 0 Å². The molecule has 0 aliphatic carbocycles. The summed E-state index contributed by atoms with van der Waals surface area (Å²) in [7, 11) is 0. The van der Waals surface area contributed by atoms with E-state index >= 15 is 0 Å². The molecule has 1 heterocycles. The van der Waals surface area contributed by atoms with E-state index < -0.39 is 12.1 Å². The van der Waals surface area contributed by atoms with Gasteiger partial charge in [0.05, 0.1) is 11.4 Å². The summed E-state index contributed by atoms with van der Waals surface area (Å²) in [5.74, 6) is 0. The Morgan fingerprint density at radius 3 is 2.00 bits per heavy atom. The molecular formula is C9H10F2N2. The number of anilines is 2. The highest BCUT2D eigenvalue weighted by Gasteiger charge is 2.39. The lowest BCUT2D eigenvalue weighted by Crippen LogP contribution is -2.45. The van der Waals surface area contributed by atoms with Crippen molar-refractivity contribution in [1.82, 2.24) is 0 Å². The second kappa shape index (κ2) is 2.58. The molecule has 0 bridgehead atoms. The fraction of sp³-hybridized carbons (Fsp3) is 0.333. The molecule has 1 aromatic rings. The zero-order valence-corrected chi connectivity index (χ0v) is 7.14. The summed E-state index contributed by atoms with van der Waals surface area (Å²) in [4.78, 5) is 0. The summed E-state index contributed by atoms with van der Waals surface area (Å²) in [5, 5.41) is 5.50. The molecule has 0 fully saturated rings. The predicted molar refractivity (Wildman–Crippen MR) is 48.1 cm³/mol. The van der Waals surface area contributed by atoms with Gasteiger partial charge in [-0.2, -0.15) is 0 Å². The summed E-state index contributed by atoms with van der Waals surface area (Å²) in [6.45, 7) is 1.44. The van der Waals surface area contributed by atoms with Crippen molar-refractivity contribution in [2.24, 2.45) is 0 Å². The minimum atomic E-state index is -2.44. The van der Waals surface area contributed by atoms with E-state index in [0.717, 1.165) is 11.4 Å². The van der Waals surface area contributed by atoms with Crippen molar-refractivity contribution >= 4 is 11.4 Å². The number of para-hydroxylation sites is 2. The Kier molecular flexibility index (Phi) is 1.65. The third kappa shape index (κ3) is 1.22. The average Bonchev–Trinajstić information content (AvgIpc) is 2.42. The Morgan fingerprint density at radius 2 is 1.62 bits per heavy atom. The first-order valence-corrected chi connectivity index (χ1v) is 4.05. The van der Waals surface area contributed by atoms with Crippen LogP contribution >= 0.6 is 0 Å². The number of rotatable bonds is 1. The van der Waals surface area contributed by atoms with Crippen molar-refractivity contribution in [2.45, 2.75) is 19.0 Å². The zero-order valence-electron chi connectivity index (χ0n) is 7.14. The lowest BCUT2D eigenvalue weighted by Gasteiger charge is -2.24. The molecular weight excluding hydrogens is 174 g/mol. The Labute approximate surface area is 75.0 Å². The summed E-state index contributed by atoms with van der Waals surface area (Å²) in [6, 6.07) is 7.17. The molecule has 4 heteroatoms. The molecule has 0 spiro atoms. The van der Waals surface area contributed by atoms with Gasteiger partial charge in [-0.15, -0.1) is 0 Å². The number of halogens is 2. The molecule has 1 aliphatic heterocycles. The van der Waals surface area contributed by atoms with E-state index in [1.807, 2.05) is 12.1 Å². The van der Waals surface area contributed by atoms with Gasteiger partial charge in [0.25, 0.3) is 6.43 Å². The molecule has 70 valence electrons. The number of nitrogens with one attached hydrogen (secondary N) is 2. The number of benzene rings is 1. The highest BCUT2D eigenvalue weighted by atomic mass is 19.3. The molecule has 1 aliphatic rings. The Hall–Kier alpha value is -1.32. The number of fused-ring (bicyclic) bond motifs is 1. The van der Waals surface area contributed by atoms with Crippen LogP contribution in [0.5, 0.6) is 0 Å². The van der Waals surface area contributed by atoms with Crippen molar-refractivity contribution in [2.75, 3.05) is 10.6 Å². The lowest BCUT2D eigenvalue weighted by molar-refractivity contribution is 0.0917. The quantitative estimate of drug-likeness (QED) is 0.700. The van der Waals surface area contributed by atoms with Gasteiger partial charge in [0.2, 0.25) is 0 Å². The maximum Gasteiger partial charge on any atom is 0.279 e. The van der Waals surface area contributed by atoms with Crippen molar-refractivity contribution < 1.29 is 8.78 Å². The van der Waals surface area contributed by atoms with Crippen molar-refractivity contribution in [1.29, 1.82) is 0 Å². The first-order chi connectivity index (χ1) is 6.12. The van der Waals surface area contributed by atoms with Gasteiger partial charge in [-0.1, -0.05) is 12.1 Å². The fourth-order valence-electron chi connectivity index (χ4n) is 1.40. The van der Waals surface area contributed by atoms with Gasteiger partial charge in [0.15, 0.2) is 5.66 Å². The molecule has 0 saturated carbocycles. The standard InChI is InChI=1S/C9H10F2N2/c1-9(8(10)11)12-6-4-2-3-5-7(6)13-9/h2-5,8,12-13H,1H3. The Bertz CT molecular complexity index is 300. The second-order valence-corrected chi connectivity index (χ2v) is 3.30. The van der Waals surface area contributed by atoms with Crippen molar-refractivity contribution in [3.63, 3.8) is 0 Å². The lowest BCUT2D eigenvalue weighted by atomic mass is 10.2. The first kappa shape index (κ1) is 8.29. The van der Waals surface area contributed by atoms with Gasteiger partial charge in [0, 0.05) is 0 Å². The highest BCUT2D eigenvalue weighted by molar-refractivity contribution is 5.75. The van der Waals surface area contributed by atoms with Gasteiger partial charge >= 0.3 is 0 Å². The van der Waals surface area contributed by atoms with E-state index in [4.69, 9.17) is 0 Å². The van der Waals surface area contributed by atoms with Crippen LogP contribution in [0.25, 0.3) is 0 Å². The fourth-order valence-corrected chi connectivity index (χ4v) is 1.40. The number of hydrogen-bond acceptors (Lipinski definition) is 2. The molecule has 2 N–H and O–H groups in total. The summed E-state index contributed by atoms with van der Waals surface area (Å²) in [5.41, 5.74) is 0.125. The van der Waals surface area contributed by atoms with E-state index in [2.05, 4.69) is 10.6 Å². The van der Waals surface area contributed by atoms with Gasteiger partial charge < -0.3 is 10.6 Å². The van der Waals surface area contributed by atoms with E-state index in [1.165, 1.54) is 6.92 Å². The second-order valence-electron chi connectivity index (χ2n) is 3.30. The summed E-state index contributed by atoms with van der Waals surface area (Å²) in [6.07, 6.45) is -2.44. The molecule has 0 aromatic heterocycles. The van der Waals surface area contributed by atoms with Gasteiger partial charge in [-0.05, 0) is 19.1 Å². The normalized spacial score (nSPS) is 17.8. The molecule has 2 nitrogen and oxygen atoms in total. The smallest absolute Gasteiger partial charge is 0.279 e. The van der Waals surface area contributed by atoms with Crippen LogP contribution in [-0.4, -0.2) is 12.1 Å². The highest BCUT2D eigenvalue weighted by Crippen LogP contribution is 2.35. The van der Waals surface area contributed by atoms with E-state index in [9.17, 15) is 8.78 Å². The molecule has 1 aromatic carbocycles. The Balaban J connectivity index is 2.32. The first-order valence-electron chi connectivity index (χ1n) is 4.05. The van der Waals surface area contributed by atoms with E-state index in [0.29, 0.717) is 0 Å². The predicted octanol–water partition coefficient (Wildman–Crippen LogP) is 2.51.